The molecule has 16 heavy (non-hydrogen) atoms. The van der Waals surface area contributed by atoms with E-state index in [0.717, 1.165) is 6.04 Å². The fourth-order valence-electron chi connectivity index (χ4n) is 2.93. The van der Waals surface area contributed by atoms with Crippen molar-refractivity contribution in [2.75, 3.05) is 13.1 Å². The number of likely N-dealkylation sites (tertiary alicyclic amines) is 1. The van der Waals surface area contributed by atoms with E-state index in [-0.39, 0.29) is 0 Å². The van der Waals surface area contributed by atoms with Crippen molar-refractivity contribution in [1.29, 1.82) is 0 Å². The Morgan fingerprint density at radius 2 is 1.75 bits per heavy atom. The third-order valence-electron chi connectivity index (χ3n) is 3.92. The molecule has 0 aromatic carbocycles. The van der Waals surface area contributed by atoms with E-state index in [2.05, 4.69) is 18.7 Å². The SMILES string of the molecule is CCCCCCCN1CCCCC1CCC. The fourth-order valence-corrected chi connectivity index (χ4v) is 2.93. The average molecular weight is 225 g/mol. The number of rotatable bonds is 8. The predicted octanol–water partition coefficient (Wildman–Crippen LogP) is 4.61. The predicted molar refractivity (Wildman–Crippen MR) is 72.9 cm³/mol. The maximum atomic E-state index is 2.78. The Morgan fingerprint density at radius 3 is 2.50 bits per heavy atom. The van der Waals surface area contributed by atoms with Gasteiger partial charge in [0.25, 0.3) is 0 Å². The number of hydrogen-bond donors (Lipinski definition) is 0. The lowest BCUT2D eigenvalue weighted by molar-refractivity contribution is 0.137. The second kappa shape index (κ2) is 9.04. The maximum Gasteiger partial charge on any atom is 0.00951 e. The van der Waals surface area contributed by atoms with Gasteiger partial charge in [0.2, 0.25) is 0 Å². The van der Waals surface area contributed by atoms with Crippen LogP contribution >= 0.6 is 0 Å². The van der Waals surface area contributed by atoms with Crippen LogP contribution in [0.1, 0.15) is 78.1 Å². The first-order valence-corrected chi connectivity index (χ1v) is 7.62. The third kappa shape index (κ3) is 5.34. The van der Waals surface area contributed by atoms with Crippen LogP contribution in [0.15, 0.2) is 0 Å². The summed E-state index contributed by atoms with van der Waals surface area (Å²) >= 11 is 0. The molecule has 0 spiro atoms. The minimum atomic E-state index is 0.921. The summed E-state index contributed by atoms with van der Waals surface area (Å²) in [5, 5.41) is 0. The molecule has 0 bridgehead atoms. The summed E-state index contributed by atoms with van der Waals surface area (Å²) in [6, 6.07) is 0.921. The minimum Gasteiger partial charge on any atom is -0.300 e. The van der Waals surface area contributed by atoms with Crippen molar-refractivity contribution < 1.29 is 0 Å². The Morgan fingerprint density at radius 1 is 0.938 bits per heavy atom. The van der Waals surface area contributed by atoms with Gasteiger partial charge >= 0.3 is 0 Å². The molecule has 1 heteroatoms. The van der Waals surface area contributed by atoms with Crippen LogP contribution in [0.2, 0.25) is 0 Å². The maximum absolute atomic E-state index is 2.78. The van der Waals surface area contributed by atoms with Crippen LogP contribution < -0.4 is 0 Å². The molecule has 0 aromatic heterocycles. The topological polar surface area (TPSA) is 3.24 Å². The molecule has 1 aliphatic rings. The van der Waals surface area contributed by atoms with E-state index in [4.69, 9.17) is 0 Å². The highest BCUT2D eigenvalue weighted by atomic mass is 15.2. The van der Waals surface area contributed by atoms with Gasteiger partial charge in [0, 0.05) is 6.04 Å². The number of hydrogen-bond acceptors (Lipinski definition) is 1. The summed E-state index contributed by atoms with van der Waals surface area (Å²) in [6.07, 6.45) is 14.3. The Balaban J connectivity index is 2.11. The van der Waals surface area contributed by atoms with E-state index in [1.165, 1.54) is 77.3 Å². The molecule has 0 saturated carbocycles. The monoisotopic (exact) mass is 225 g/mol. The van der Waals surface area contributed by atoms with Crippen molar-refractivity contribution in [3.05, 3.63) is 0 Å². The molecule has 1 heterocycles. The van der Waals surface area contributed by atoms with Gasteiger partial charge in [-0.05, 0) is 38.8 Å². The molecular formula is C15H31N. The first-order chi connectivity index (χ1) is 7.88. The highest BCUT2D eigenvalue weighted by molar-refractivity contribution is 4.76. The van der Waals surface area contributed by atoms with Gasteiger partial charge in [-0.2, -0.15) is 0 Å². The first-order valence-electron chi connectivity index (χ1n) is 7.62. The Kier molecular flexibility index (Phi) is 7.92. The molecule has 0 aliphatic carbocycles. The lowest BCUT2D eigenvalue weighted by atomic mass is 9.98. The van der Waals surface area contributed by atoms with Crippen molar-refractivity contribution in [2.45, 2.75) is 84.1 Å². The van der Waals surface area contributed by atoms with E-state index in [1.54, 1.807) is 0 Å². The molecule has 1 nitrogen and oxygen atoms in total. The lowest BCUT2D eigenvalue weighted by Gasteiger charge is -2.35. The summed E-state index contributed by atoms with van der Waals surface area (Å²) in [4.78, 5) is 2.78. The molecular weight excluding hydrogens is 194 g/mol. The molecule has 1 fully saturated rings. The van der Waals surface area contributed by atoms with E-state index in [0.29, 0.717) is 0 Å². The first kappa shape index (κ1) is 14.0. The van der Waals surface area contributed by atoms with Crippen LogP contribution in [0.25, 0.3) is 0 Å². The van der Waals surface area contributed by atoms with Crippen LogP contribution in [0.5, 0.6) is 0 Å². The van der Waals surface area contributed by atoms with Gasteiger partial charge in [-0.25, -0.2) is 0 Å². The summed E-state index contributed by atoms with van der Waals surface area (Å²) in [5.41, 5.74) is 0. The standard InChI is InChI=1S/C15H31N/c1-3-5-6-7-9-13-16-14-10-8-12-15(16)11-4-2/h15H,3-14H2,1-2H3. The second-order valence-corrected chi connectivity index (χ2v) is 5.39. The Labute approximate surface area is 103 Å². The average Bonchev–Trinajstić information content (AvgIpc) is 2.31. The molecule has 0 aromatic rings. The summed E-state index contributed by atoms with van der Waals surface area (Å²) in [5.74, 6) is 0. The van der Waals surface area contributed by atoms with Gasteiger partial charge in [0.15, 0.2) is 0 Å². The summed E-state index contributed by atoms with van der Waals surface area (Å²) in [7, 11) is 0. The Bertz CT molecular complexity index is 154. The van der Waals surface area contributed by atoms with Gasteiger partial charge in [-0.3, -0.25) is 0 Å². The minimum absolute atomic E-state index is 0.921. The number of unbranched alkanes of at least 4 members (excludes halogenated alkanes) is 4. The van der Waals surface area contributed by atoms with Crippen LogP contribution in [0.3, 0.4) is 0 Å². The van der Waals surface area contributed by atoms with E-state index >= 15 is 0 Å². The van der Waals surface area contributed by atoms with Crippen LogP contribution in [0, 0.1) is 0 Å². The molecule has 1 aliphatic heterocycles. The van der Waals surface area contributed by atoms with Crippen molar-refractivity contribution in [1.82, 2.24) is 4.90 Å². The zero-order valence-electron chi connectivity index (χ0n) is 11.5. The van der Waals surface area contributed by atoms with Crippen molar-refractivity contribution >= 4 is 0 Å². The molecule has 1 rings (SSSR count). The van der Waals surface area contributed by atoms with E-state index in [1.807, 2.05) is 0 Å². The number of nitrogens with zero attached hydrogens (tertiary/aromatic N) is 1. The van der Waals surface area contributed by atoms with E-state index in [9.17, 15) is 0 Å². The molecule has 1 saturated heterocycles. The summed E-state index contributed by atoms with van der Waals surface area (Å²) < 4.78 is 0. The number of piperidine rings is 1. The van der Waals surface area contributed by atoms with Crippen molar-refractivity contribution in [3.63, 3.8) is 0 Å². The second-order valence-electron chi connectivity index (χ2n) is 5.39. The van der Waals surface area contributed by atoms with Gasteiger partial charge < -0.3 is 4.90 Å². The van der Waals surface area contributed by atoms with Crippen molar-refractivity contribution in [3.8, 4) is 0 Å². The van der Waals surface area contributed by atoms with Gasteiger partial charge in [-0.1, -0.05) is 52.4 Å². The van der Waals surface area contributed by atoms with Crippen LogP contribution in [-0.4, -0.2) is 24.0 Å². The van der Waals surface area contributed by atoms with E-state index < -0.39 is 0 Å². The zero-order chi connectivity index (χ0) is 11.6. The quantitative estimate of drug-likeness (QED) is 0.545. The summed E-state index contributed by atoms with van der Waals surface area (Å²) in [6.45, 7) is 7.36. The molecule has 1 unspecified atom stereocenters. The largest absolute Gasteiger partial charge is 0.300 e. The molecule has 96 valence electrons. The third-order valence-corrected chi connectivity index (χ3v) is 3.92. The highest BCUT2D eigenvalue weighted by Gasteiger charge is 2.20. The van der Waals surface area contributed by atoms with Crippen molar-refractivity contribution in [2.24, 2.45) is 0 Å². The smallest absolute Gasteiger partial charge is 0.00951 e. The van der Waals surface area contributed by atoms with Gasteiger partial charge in [0.05, 0.1) is 0 Å². The molecule has 0 N–H and O–H groups in total. The Hall–Kier alpha value is -0.0400. The lowest BCUT2D eigenvalue weighted by Crippen LogP contribution is -2.39. The molecule has 0 radical (unpaired) electrons. The van der Waals surface area contributed by atoms with Crippen LogP contribution in [-0.2, 0) is 0 Å². The van der Waals surface area contributed by atoms with Gasteiger partial charge in [-0.15, -0.1) is 0 Å². The fraction of sp³-hybridized carbons (Fsp3) is 1.00. The van der Waals surface area contributed by atoms with Crippen LogP contribution in [0.4, 0.5) is 0 Å². The zero-order valence-corrected chi connectivity index (χ0v) is 11.5. The normalized spacial score (nSPS) is 22.5. The molecule has 0 amide bonds. The molecule has 1 atom stereocenters. The highest BCUT2D eigenvalue weighted by Crippen LogP contribution is 2.21. The van der Waals surface area contributed by atoms with Gasteiger partial charge in [0.1, 0.15) is 0 Å².